The lowest BCUT2D eigenvalue weighted by molar-refractivity contribution is -0.132. The van der Waals surface area contributed by atoms with E-state index in [1.54, 1.807) is 11.9 Å². The van der Waals surface area contributed by atoms with Crippen molar-refractivity contribution in [2.45, 2.75) is 18.9 Å². The van der Waals surface area contributed by atoms with E-state index in [2.05, 4.69) is 5.32 Å². The number of furan rings is 1. The smallest absolute Gasteiger partial charge is 0.371 e. The number of hydrogen-bond donors (Lipinski definition) is 2. The average molecular weight is 266 g/mol. The molecule has 2 rings (SSSR count). The van der Waals surface area contributed by atoms with Gasteiger partial charge in [0.05, 0.1) is 0 Å². The van der Waals surface area contributed by atoms with E-state index < -0.39 is 11.9 Å². The molecule has 1 aliphatic rings. The number of carboxylic acids is 1. The van der Waals surface area contributed by atoms with E-state index in [0.717, 1.165) is 0 Å². The van der Waals surface area contributed by atoms with Crippen LogP contribution in [-0.2, 0) is 4.79 Å². The maximum absolute atomic E-state index is 11.8. The zero-order chi connectivity index (χ0) is 14.0. The van der Waals surface area contributed by atoms with Gasteiger partial charge < -0.3 is 19.7 Å². The Morgan fingerprint density at radius 1 is 1.42 bits per heavy atom. The SMILES string of the molecule is CN1CC(NC(=O)c2ccc(C(=O)O)o2)CCC1=O. The molecule has 1 fully saturated rings. The van der Waals surface area contributed by atoms with Crippen molar-refractivity contribution >= 4 is 17.8 Å². The molecule has 7 nitrogen and oxygen atoms in total. The molecule has 0 radical (unpaired) electrons. The number of piperidine rings is 1. The minimum atomic E-state index is -1.22. The Kier molecular flexibility index (Phi) is 3.55. The minimum absolute atomic E-state index is 0.0445. The molecule has 1 atom stereocenters. The van der Waals surface area contributed by atoms with Crippen LogP contribution in [0, 0.1) is 0 Å². The lowest BCUT2D eigenvalue weighted by atomic mass is 10.1. The summed E-state index contributed by atoms with van der Waals surface area (Å²) in [5.74, 6) is -1.96. The molecule has 2 amide bonds. The molecule has 102 valence electrons. The molecular formula is C12H14N2O5. The second-order valence-corrected chi connectivity index (χ2v) is 4.45. The van der Waals surface area contributed by atoms with E-state index in [4.69, 9.17) is 9.52 Å². The van der Waals surface area contributed by atoms with Crippen molar-refractivity contribution in [2.24, 2.45) is 0 Å². The molecule has 1 aromatic rings. The maximum Gasteiger partial charge on any atom is 0.371 e. The van der Waals surface area contributed by atoms with Crippen LogP contribution in [0.4, 0.5) is 0 Å². The Bertz CT molecular complexity index is 522. The van der Waals surface area contributed by atoms with Gasteiger partial charge in [-0.05, 0) is 18.6 Å². The number of carboxylic acid groups (broad SMARTS) is 1. The third-order valence-electron chi connectivity index (χ3n) is 3.00. The van der Waals surface area contributed by atoms with Gasteiger partial charge in [0, 0.05) is 26.1 Å². The molecule has 1 aliphatic heterocycles. The Hall–Kier alpha value is -2.31. The minimum Gasteiger partial charge on any atom is -0.475 e. The van der Waals surface area contributed by atoms with Crippen molar-refractivity contribution in [3.8, 4) is 0 Å². The molecule has 0 saturated carbocycles. The highest BCUT2D eigenvalue weighted by Crippen LogP contribution is 2.12. The molecule has 2 N–H and O–H groups in total. The molecule has 7 heteroatoms. The van der Waals surface area contributed by atoms with E-state index in [9.17, 15) is 14.4 Å². The summed E-state index contributed by atoms with van der Waals surface area (Å²) in [5, 5.41) is 11.4. The van der Waals surface area contributed by atoms with Crippen molar-refractivity contribution in [3.63, 3.8) is 0 Å². The van der Waals surface area contributed by atoms with E-state index in [0.29, 0.717) is 19.4 Å². The van der Waals surface area contributed by atoms with Crippen molar-refractivity contribution in [1.82, 2.24) is 10.2 Å². The molecule has 0 spiro atoms. The predicted octanol–water partition coefficient (Wildman–Crippen LogP) is 0.328. The lowest BCUT2D eigenvalue weighted by Gasteiger charge is -2.29. The number of amides is 2. The number of rotatable bonds is 3. The van der Waals surface area contributed by atoms with Gasteiger partial charge >= 0.3 is 5.97 Å². The van der Waals surface area contributed by atoms with Crippen LogP contribution in [0.5, 0.6) is 0 Å². The first kappa shape index (κ1) is 13.1. The van der Waals surface area contributed by atoms with Crippen molar-refractivity contribution < 1.29 is 23.9 Å². The van der Waals surface area contributed by atoms with Gasteiger partial charge in [-0.2, -0.15) is 0 Å². The zero-order valence-corrected chi connectivity index (χ0v) is 10.4. The summed E-state index contributed by atoms with van der Waals surface area (Å²) >= 11 is 0. The highest BCUT2D eigenvalue weighted by molar-refractivity contribution is 5.93. The molecule has 1 aromatic heterocycles. The topological polar surface area (TPSA) is 99.8 Å². The zero-order valence-electron chi connectivity index (χ0n) is 10.4. The number of nitrogens with one attached hydrogen (secondary N) is 1. The highest BCUT2D eigenvalue weighted by atomic mass is 16.4. The quantitative estimate of drug-likeness (QED) is 0.821. The van der Waals surface area contributed by atoms with Gasteiger partial charge in [-0.25, -0.2) is 4.79 Å². The molecule has 0 aromatic carbocycles. The average Bonchev–Trinajstić information content (AvgIpc) is 2.83. The lowest BCUT2D eigenvalue weighted by Crippen LogP contribution is -2.48. The molecule has 2 heterocycles. The number of hydrogen-bond acceptors (Lipinski definition) is 4. The standard InChI is InChI=1S/C12H14N2O5/c1-14-6-7(2-5-10(14)15)13-11(16)8-3-4-9(19-8)12(17)18/h3-4,7H,2,5-6H2,1H3,(H,13,16)(H,17,18). The Morgan fingerprint density at radius 2 is 2.11 bits per heavy atom. The number of likely N-dealkylation sites (tertiary alicyclic amines) is 1. The Labute approximate surface area is 109 Å². The Morgan fingerprint density at radius 3 is 2.68 bits per heavy atom. The van der Waals surface area contributed by atoms with Gasteiger partial charge in [-0.3, -0.25) is 9.59 Å². The second-order valence-electron chi connectivity index (χ2n) is 4.45. The number of carbonyl (C=O) groups excluding carboxylic acids is 2. The van der Waals surface area contributed by atoms with Crippen LogP contribution in [0.15, 0.2) is 16.5 Å². The van der Waals surface area contributed by atoms with E-state index in [-0.39, 0.29) is 23.5 Å². The largest absolute Gasteiger partial charge is 0.475 e. The first-order chi connectivity index (χ1) is 8.97. The summed E-state index contributed by atoms with van der Waals surface area (Å²) in [6.07, 6.45) is 0.960. The van der Waals surface area contributed by atoms with Crippen molar-refractivity contribution in [1.29, 1.82) is 0 Å². The first-order valence-electron chi connectivity index (χ1n) is 5.85. The third kappa shape index (κ3) is 2.93. The van der Waals surface area contributed by atoms with Crippen LogP contribution in [0.1, 0.15) is 34.0 Å². The van der Waals surface area contributed by atoms with Crippen LogP contribution in [0.2, 0.25) is 0 Å². The molecule has 0 aliphatic carbocycles. The second kappa shape index (κ2) is 5.13. The summed E-state index contributed by atoms with van der Waals surface area (Å²) < 4.78 is 4.90. The van der Waals surface area contributed by atoms with Crippen LogP contribution in [0.25, 0.3) is 0 Å². The summed E-state index contributed by atoms with van der Waals surface area (Å²) in [6.45, 7) is 0.442. The fourth-order valence-corrected chi connectivity index (χ4v) is 1.96. The Balaban J connectivity index is 1.97. The summed E-state index contributed by atoms with van der Waals surface area (Å²) in [6, 6.07) is 2.40. The van der Waals surface area contributed by atoms with E-state index in [1.807, 2.05) is 0 Å². The predicted molar refractivity (Wildman–Crippen MR) is 63.8 cm³/mol. The third-order valence-corrected chi connectivity index (χ3v) is 3.00. The summed E-state index contributed by atoms with van der Waals surface area (Å²) in [4.78, 5) is 35.3. The van der Waals surface area contributed by atoms with E-state index in [1.165, 1.54) is 12.1 Å². The van der Waals surface area contributed by atoms with Crippen LogP contribution >= 0.6 is 0 Å². The van der Waals surface area contributed by atoms with Gasteiger partial charge in [0.15, 0.2) is 5.76 Å². The van der Waals surface area contributed by atoms with Crippen LogP contribution in [-0.4, -0.2) is 47.4 Å². The number of nitrogens with zero attached hydrogens (tertiary/aromatic N) is 1. The normalized spacial score (nSPS) is 19.3. The fourth-order valence-electron chi connectivity index (χ4n) is 1.96. The molecule has 1 unspecified atom stereocenters. The van der Waals surface area contributed by atoms with Gasteiger partial charge in [0.1, 0.15) is 0 Å². The van der Waals surface area contributed by atoms with Crippen molar-refractivity contribution in [3.05, 3.63) is 23.7 Å². The van der Waals surface area contributed by atoms with Crippen molar-refractivity contribution in [2.75, 3.05) is 13.6 Å². The van der Waals surface area contributed by atoms with Gasteiger partial charge in [-0.15, -0.1) is 0 Å². The van der Waals surface area contributed by atoms with E-state index >= 15 is 0 Å². The molecule has 0 bridgehead atoms. The number of aromatic carboxylic acids is 1. The van der Waals surface area contributed by atoms with Gasteiger partial charge in [0.2, 0.25) is 11.7 Å². The number of likely N-dealkylation sites (N-methyl/N-ethyl adjacent to an activating group) is 1. The summed E-state index contributed by atoms with van der Waals surface area (Å²) in [5.41, 5.74) is 0. The highest BCUT2D eigenvalue weighted by Gasteiger charge is 2.25. The van der Waals surface area contributed by atoms with Crippen LogP contribution < -0.4 is 5.32 Å². The molecule has 19 heavy (non-hydrogen) atoms. The molecular weight excluding hydrogens is 252 g/mol. The maximum atomic E-state index is 11.8. The number of carbonyl (C=O) groups is 3. The monoisotopic (exact) mass is 266 g/mol. The fraction of sp³-hybridized carbons (Fsp3) is 0.417. The van der Waals surface area contributed by atoms with Gasteiger partial charge in [0.25, 0.3) is 5.91 Å². The van der Waals surface area contributed by atoms with Gasteiger partial charge in [-0.1, -0.05) is 0 Å². The molecule has 1 saturated heterocycles. The first-order valence-corrected chi connectivity index (χ1v) is 5.85. The summed E-state index contributed by atoms with van der Waals surface area (Å²) in [7, 11) is 1.68. The van der Waals surface area contributed by atoms with Crippen LogP contribution in [0.3, 0.4) is 0 Å².